The number of ether oxygens (including phenoxy) is 1. The Morgan fingerprint density at radius 1 is 1.10 bits per heavy atom. The van der Waals surface area contributed by atoms with Crippen molar-refractivity contribution in [2.45, 2.75) is 37.1 Å². The van der Waals surface area contributed by atoms with Gasteiger partial charge in [0.2, 0.25) is 15.9 Å². The van der Waals surface area contributed by atoms with Gasteiger partial charge in [-0.15, -0.1) is 0 Å². The quantitative estimate of drug-likeness (QED) is 0.561. The van der Waals surface area contributed by atoms with Crippen LogP contribution in [0.1, 0.15) is 25.3 Å². The van der Waals surface area contributed by atoms with Crippen LogP contribution in [0.25, 0.3) is 0 Å². The Kier molecular flexibility index (Phi) is 6.86. The lowest BCUT2D eigenvalue weighted by molar-refractivity contribution is -0.674. The summed E-state index contributed by atoms with van der Waals surface area (Å²) in [6.45, 7) is 3.23. The van der Waals surface area contributed by atoms with Crippen molar-refractivity contribution >= 4 is 27.5 Å². The van der Waals surface area contributed by atoms with Gasteiger partial charge in [0.25, 0.3) is 5.91 Å². The van der Waals surface area contributed by atoms with E-state index >= 15 is 0 Å². The van der Waals surface area contributed by atoms with E-state index in [2.05, 4.69) is 0 Å². The fourth-order valence-electron chi connectivity index (χ4n) is 3.32. The average Bonchev–Trinajstić information content (AvgIpc) is 3.00. The molecule has 1 aliphatic rings. The molecule has 2 aromatic rings. The van der Waals surface area contributed by atoms with Gasteiger partial charge in [0, 0.05) is 6.42 Å². The minimum absolute atomic E-state index is 0.0635. The fourth-order valence-corrected chi connectivity index (χ4v) is 3.83. The van der Waals surface area contributed by atoms with E-state index in [9.17, 15) is 18.0 Å². The Balaban J connectivity index is 1.56. The molecule has 0 radical (unpaired) electrons. The number of quaternary nitrogens is 1. The number of amides is 2. The molecule has 0 bridgehead atoms. The second-order valence-electron chi connectivity index (χ2n) is 7.18. The Labute approximate surface area is 176 Å². The van der Waals surface area contributed by atoms with Crippen LogP contribution in [0.15, 0.2) is 53.4 Å². The second-order valence-corrected chi connectivity index (χ2v) is 8.75. The molecule has 160 valence electrons. The minimum atomic E-state index is -3.71. The number of carbonyl (C=O) groups excluding carboxylic acids is 2. The molecular formula is C21H26N3O5S+. The summed E-state index contributed by atoms with van der Waals surface area (Å²) in [5, 5.41) is 6.95. The molecule has 2 aromatic carbocycles. The van der Waals surface area contributed by atoms with E-state index in [0.717, 1.165) is 12.0 Å². The predicted octanol–water partition coefficient (Wildman–Crippen LogP) is 0.561. The monoisotopic (exact) mass is 432 g/mol. The van der Waals surface area contributed by atoms with E-state index in [-0.39, 0.29) is 23.1 Å². The van der Waals surface area contributed by atoms with Gasteiger partial charge in [-0.1, -0.05) is 19.1 Å². The summed E-state index contributed by atoms with van der Waals surface area (Å²) < 4.78 is 28.1. The Morgan fingerprint density at radius 3 is 2.37 bits per heavy atom. The third-order valence-corrected chi connectivity index (χ3v) is 5.81. The van der Waals surface area contributed by atoms with E-state index in [4.69, 9.17) is 9.88 Å². The van der Waals surface area contributed by atoms with E-state index < -0.39 is 16.1 Å². The van der Waals surface area contributed by atoms with Gasteiger partial charge < -0.3 is 10.1 Å². The average molecular weight is 433 g/mol. The van der Waals surface area contributed by atoms with Crippen LogP contribution in [0.2, 0.25) is 0 Å². The summed E-state index contributed by atoms with van der Waals surface area (Å²) in [4.78, 5) is 26.4. The Morgan fingerprint density at radius 2 is 1.77 bits per heavy atom. The van der Waals surface area contributed by atoms with Gasteiger partial charge in [0.1, 0.15) is 5.75 Å². The van der Waals surface area contributed by atoms with E-state index in [1.54, 1.807) is 36.4 Å². The zero-order valence-corrected chi connectivity index (χ0v) is 17.6. The Hall–Kier alpha value is -2.75. The first kappa shape index (κ1) is 21.9. The number of primary sulfonamides is 1. The molecule has 3 rings (SSSR count). The third kappa shape index (κ3) is 5.24. The van der Waals surface area contributed by atoms with Crippen molar-refractivity contribution in [3.63, 3.8) is 0 Å². The van der Waals surface area contributed by atoms with Gasteiger partial charge >= 0.3 is 0 Å². The maximum Gasteiger partial charge on any atom is 0.292 e. The lowest BCUT2D eigenvalue weighted by Crippen LogP contribution is -2.92. The van der Waals surface area contributed by atoms with Crippen LogP contribution in [0.3, 0.4) is 0 Å². The van der Waals surface area contributed by atoms with E-state index in [1.807, 2.05) is 12.2 Å². The topological polar surface area (TPSA) is 123 Å². The van der Waals surface area contributed by atoms with Gasteiger partial charge in [-0.25, -0.2) is 18.5 Å². The first-order chi connectivity index (χ1) is 14.3. The number of hydrogen-bond acceptors (Lipinski definition) is 5. The van der Waals surface area contributed by atoms with Crippen LogP contribution < -0.4 is 20.1 Å². The summed E-state index contributed by atoms with van der Waals surface area (Å²) in [5.74, 6) is 0.254. The minimum Gasteiger partial charge on any atom is -0.494 e. The van der Waals surface area contributed by atoms with Crippen LogP contribution in [0.5, 0.6) is 5.75 Å². The molecule has 0 aliphatic carbocycles. The normalized spacial score (nSPS) is 16.9. The number of carbonyl (C=O) groups is 2. The van der Waals surface area contributed by atoms with Gasteiger partial charge in [-0.3, -0.25) is 9.59 Å². The predicted molar refractivity (Wildman–Crippen MR) is 111 cm³/mol. The highest BCUT2D eigenvalue weighted by Crippen LogP contribution is 2.24. The number of imide groups is 1. The van der Waals surface area contributed by atoms with Crippen LogP contribution in [0, 0.1) is 0 Å². The lowest BCUT2D eigenvalue weighted by Gasteiger charge is -2.15. The molecule has 1 heterocycles. The molecule has 0 spiro atoms. The zero-order chi connectivity index (χ0) is 21.7. The molecule has 1 aliphatic heterocycles. The number of nitrogens with two attached hydrogens (primary N) is 2. The van der Waals surface area contributed by atoms with Crippen LogP contribution in [-0.4, -0.2) is 39.4 Å². The van der Waals surface area contributed by atoms with Crippen molar-refractivity contribution in [3.05, 3.63) is 54.1 Å². The molecule has 30 heavy (non-hydrogen) atoms. The number of rotatable bonds is 9. The SMILES string of the molecule is CCCOc1ccc(N2C(=O)C[C@@H]([NH2+]CCc3ccc(S(N)(=O)=O)cc3)C2=O)cc1. The number of hydrogen-bond donors (Lipinski definition) is 2. The standard InChI is InChI=1S/C21H25N3O5S/c1-2-13-29-17-7-5-16(6-8-17)24-20(25)14-19(21(24)26)23-12-11-15-3-9-18(10-4-15)30(22,27)28/h3-10,19,23H,2,11-14H2,1H3,(H2,22,27,28)/p+1/t19-/m1/s1. The number of benzene rings is 2. The molecule has 0 saturated carbocycles. The Bertz CT molecular complexity index is 1000. The number of nitrogens with zero attached hydrogens (tertiary/aromatic N) is 1. The molecule has 2 amide bonds. The van der Waals surface area contributed by atoms with Gasteiger partial charge in [0.05, 0.1) is 30.2 Å². The molecule has 1 fully saturated rings. The first-order valence-corrected chi connectivity index (χ1v) is 11.4. The molecule has 1 saturated heterocycles. The molecule has 9 heteroatoms. The van der Waals surface area contributed by atoms with Crippen molar-refractivity contribution in [1.29, 1.82) is 0 Å². The van der Waals surface area contributed by atoms with Crippen molar-refractivity contribution in [3.8, 4) is 5.75 Å². The molecule has 0 aromatic heterocycles. The summed E-state index contributed by atoms with van der Waals surface area (Å²) in [6.07, 6.45) is 1.68. The van der Waals surface area contributed by atoms with E-state index in [1.165, 1.54) is 17.0 Å². The largest absolute Gasteiger partial charge is 0.494 e. The third-order valence-electron chi connectivity index (χ3n) is 4.89. The van der Waals surface area contributed by atoms with Crippen LogP contribution in [-0.2, 0) is 26.0 Å². The first-order valence-electron chi connectivity index (χ1n) is 9.84. The molecule has 1 atom stereocenters. The van der Waals surface area contributed by atoms with Crippen molar-refractivity contribution in [2.75, 3.05) is 18.1 Å². The van der Waals surface area contributed by atoms with Crippen molar-refractivity contribution in [2.24, 2.45) is 5.14 Å². The summed E-state index contributed by atoms with van der Waals surface area (Å²) in [7, 11) is -3.71. The van der Waals surface area contributed by atoms with Crippen molar-refractivity contribution < 1.29 is 28.1 Å². The highest BCUT2D eigenvalue weighted by atomic mass is 32.2. The molecule has 0 unspecified atom stereocenters. The summed E-state index contributed by atoms with van der Waals surface area (Å²) in [5.41, 5.74) is 1.47. The van der Waals surface area contributed by atoms with Gasteiger partial charge in [-0.05, 0) is 48.4 Å². The van der Waals surface area contributed by atoms with Crippen molar-refractivity contribution in [1.82, 2.24) is 0 Å². The lowest BCUT2D eigenvalue weighted by atomic mass is 10.1. The highest BCUT2D eigenvalue weighted by molar-refractivity contribution is 7.89. The van der Waals surface area contributed by atoms with Crippen LogP contribution in [0.4, 0.5) is 5.69 Å². The molecule has 8 nitrogen and oxygen atoms in total. The molecular weight excluding hydrogens is 406 g/mol. The fraction of sp³-hybridized carbons (Fsp3) is 0.333. The maximum absolute atomic E-state index is 12.7. The smallest absolute Gasteiger partial charge is 0.292 e. The summed E-state index contributed by atoms with van der Waals surface area (Å²) in [6, 6.07) is 12.8. The number of sulfonamides is 1. The summed E-state index contributed by atoms with van der Waals surface area (Å²) >= 11 is 0. The number of anilines is 1. The second kappa shape index (κ2) is 9.38. The molecule has 4 N–H and O–H groups in total. The van der Waals surface area contributed by atoms with Crippen LogP contribution >= 0.6 is 0 Å². The maximum atomic E-state index is 12.7. The van der Waals surface area contributed by atoms with E-state index in [0.29, 0.717) is 31.0 Å². The van der Waals surface area contributed by atoms with Gasteiger partial charge in [-0.2, -0.15) is 0 Å². The zero-order valence-electron chi connectivity index (χ0n) is 16.8. The highest BCUT2D eigenvalue weighted by Gasteiger charge is 2.42. The van der Waals surface area contributed by atoms with Gasteiger partial charge in [0.15, 0.2) is 6.04 Å².